The molecule has 5 heteroatoms. The highest BCUT2D eigenvalue weighted by Crippen LogP contribution is 2.37. The van der Waals surface area contributed by atoms with E-state index in [0.29, 0.717) is 17.0 Å². The van der Waals surface area contributed by atoms with E-state index in [0.717, 1.165) is 34.6 Å². The molecule has 3 aromatic carbocycles. The highest BCUT2D eigenvalue weighted by molar-refractivity contribution is 6.31. The standard InChI is InChI=1S/C32H34ClN3O/c1-21(2)29(36-20-32(4,5)34-30(36)24-13-11-22(3)12-14-24)28-18-25-17-26(33)15-16-27(25)31(37)35(28)19-23-9-7-6-8-10-23/h6-18,21,29H,19-20H2,1-5H3. The second-order valence-electron chi connectivity index (χ2n) is 11.1. The van der Waals surface area contributed by atoms with E-state index in [1.54, 1.807) is 6.07 Å². The summed E-state index contributed by atoms with van der Waals surface area (Å²) in [5.74, 6) is 1.20. The van der Waals surface area contributed by atoms with E-state index >= 15 is 0 Å². The summed E-state index contributed by atoms with van der Waals surface area (Å²) in [4.78, 5) is 21.6. The Kier molecular flexibility index (Phi) is 6.72. The van der Waals surface area contributed by atoms with Crippen molar-refractivity contribution in [3.8, 4) is 0 Å². The predicted octanol–water partition coefficient (Wildman–Crippen LogP) is 7.25. The molecule has 1 aliphatic rings. The first-order valence-electron chi connectivity index (χ1n) is 12.9. The number of hydrogen-bond donors (Lipinski definition) is 0. The number of rotatable bonds is 6. The molecular weight excluding hydrogens is 478 g/mol. The third-order valence-corrected chi connectivity index (χ3v) is 7.34. The molecule has 1 unspecified atom stereocenters. The van der Waals surface area contributed by atoms with E-state index in [1.807, 2.05) is 34.9 Å². The van der Waals surface area contributed by atoms with Crippen LogP contribution in [0.5, 0.6) is 0 Å². The molecule has 0 aliphatic carbocycles. The molecule has 0 spiro atoms. The molecule has 1 aromatic heterocycles. The molecule has 0 saturated heterocycles. The highest BCUT2D eigenvalue weighted by atomic mass is 35.5. The summed E-state index contributed by atoms with van der Waals surface area (Å²) in [6, 6.07) is 26.4. The second kappa shape index (κ2) is 9.83. The van der Waals surface area contributed by atoms with E-state index in [9.17, 15) is 4.79 Å². The number of nitrogens with zero attached hydrogens (tertiary/aromatic N) is 3. The van der Waals surface area contributed by atoms with Gasteiger partial charge in [-0.05, 0) is 61.9 Å². The lowest BCUT2D eigenvalue weighted by Crippen LogP contribution is -2.41. The fraction of sp³-hybridized carbons (Fsp3) is 0.312. The number of fused-ring (bicyclic) bond motifs is 1. The van der Waals surface area contributed by atoms with Crippen molar-refractivity contribution >= 4 is 28.2 Å². The van der Waals surface area contributed by atoms with Crippen LogP contribution in [0, 0.1) is 12.8 Å². The van der Waals surface area contributed by atoms with E-state index in [2.05, 4.69) is 82.0 Å². The van der Waals surface area contributed by atoms with Crippen LogP contribution in [0.25, 0.3) is 10.8 Å². The Balaban J connectivity index is 1.72. The van der Waals surface area contributed by atoms with Gasteiger partial charge in [-0.3, -0.25) is 9.79 Å². The van der Waals surface area contributed by atoms with E-state index in [-0.39, 0.29) is 23.1 Å². The normalized spacial score (nSPS) is 15.9. The Hall–Kier alpha value is -3.37. The van der Waals surface area contributed by atoms with Gasteiger partial charge in [0.25, 0.3) is 5.56 Å². The molecule has 1 atom stereocenters. The summed E-state index contributed by atoms with van der Waals surface area (Å²) in [6.07, 6.45) is 0. The number of aliphatic imine (C=N–C) groups is 1. The van der Waals surface area contributed by atoms with Crippen LogP contribution in [-0.2, 0) is 6.54 Å². The number of benzene rings is 3. The Labute approximate surface area is 224 Å². The number of amidine groups is 1. The van der Waals surface area contributed by atoms with Gasteiger partial charge in [-0.2, -0.15) is 0 Å². The smallest absolute Gasteiger partial charge is 0.259 e. The quantitative estimate of drug-likeness (QED) is 0.273. The molecule has 0 N–H and O–H groups in total. The molecule has 0 bridgehead atoms. The van der Waals surface area contributed by atoms with Gasteiger partial charge in [0.1, 0.15) is 5.84 Å². The van der Waals surface area contributed by atoms with E-state index in [4.69, 9.17) is 16.6 Å². The van der Waals surface area contributed by atoms with Gasteiger partial charge in [0.2, 0.25) is 0 Å². The molecule has 0 radical (unpaired) electrons. The van der Waals surface area contributed by atoms with E-state index < -0.39 is 0 Å². The Morgan fingerprint density at radius 2 is 1.68 bits per heavy atom. The highest BCUT2D eigenvalue weighted by Gasteiger charge is 2.39. The Bertz CT molecular complexity index is 1520. The third kappa shape index (κ3) is 5.08. The molecular formula is C32H34ClN3O. The molecule has 0 saturated carbocycles. The van der Waals surface area contributed by atoms with E-state index in [1.165, 1.54) is 5.56 Å². The van der Waals surface area contributed by atoms with Gasteiger partial charge in [-0.25, -0.2) is 0 Å². The van der Waals surface area contributed by atoms with Crippen molar-refractivity contribution in [3.05, 3.63) is 117 Å². The SMILES string of the molecule is Cc1ccc(C2=NC(C)(C)CN2C(c2cc3cc(Cl)ccc3c(=O)n2Cc2ccccc2)C(C)C)cc1. The number of hydrogen-bond acceptors (Lipinski definition) is 3. The molecule has 37 heavy (non-hydrogen) atoms. The van der Waals surface area contributed by atoms with Gasteiger partial charge in [-0.1, -0.05) is 85.6 Å². The number of aromatic nitrogens is 1. The molecule has 4 nitrogen and oxygen atoms in total. The minimum absolute atomic E-state index is 0.00551. The van der Waals surface area contributed by atoms with Crippen molar-refractivity contribution in [3.63, 3.8) is 0 Å². The number of halogens is 1. The summed E-state index contributed by atoms with van der Waals surface area (Å²) in [6.45, 7) is 12.2. The predicted molar refractivity (Wildman–Crippen MR) is 155 cm³/mol. The van der Waals surface area contributed by atoms with Crippen LogP contribution in [0.4, 0.5) is 0 Å². The van der Waals surface area contributed by atoms with Crippen molar-refractivity contribution < 1.29 is 0 Å². The molecule has 2 heterocycles. The topological polar surface area (TPSA) is 37.6 Å². The van der Waals surface area contributed by atoms with Crippen molar-refractivity contribution in [2.75, 3.05) is 6.54 Å². The van der Waals surface area contributed by atoms with Crippen molar-refractivity contribution in [2.45, 2.75) is 52.7 Å². The van der Waals surface area contributed by atoms with Crippen LogP contribution in [-0.4, -0.2) is 27.4 Å². The minimum Gasteiger partial charge on any atom is -0.345 e. The molecule has 190 valence electrons. The average molecular weight is 512 g/mol. The molecule has 0 amide bonds. The van der Waals surface area contributed by atoms with Crippen LogP contribution in [0.1, 0.15) is 56.1 Å². The van der Waals surface area contributed by atoms with Crippen LogP contribution in [0.2, 0.25) is 5.02 Å². The minimum atomic E-state index is -0.238. The van der Waals surface area contributed by atoms with Gasteiger partial charge in [0.05, 0.1) is 18.1 Å². The van der Waals surface area contributed by atoms with Gasteiger partial charge >= 0.3 is 0 Å². The summed E-state index contributed by atoms with van der Waals surface area (Å²) in [5.41, 5.74) is 4.16. The molecule has 1 aliphatic heterocycles. The van der Waals surface area contributed by atoms with Crippen molar-refractivity contribution in [2.24, 2.45) is 10.9 Å². The largest absolute Gasteiger partial charge is 0.345 e. The first-order valence-corrected chi connectivity index (χ1v) is 13.3. The van der Waals surface area contributed by atoms with Gasteiger partial charge in [-0.15, -0.1) is 0 Å². The monoisotopic (exact) mass is 511 g/mol. The van der Waals surface area contributed by atoms with Crippen molar-refractivity contribution in [1.29, 1.82) is 0 Å². The molecule has 4 aromatic rings. The maximum atomic E-state index is 14.0. The molecule has 5 rings (SSSR count). The average Bonchev–Trinajstić information content (AvgIpc) is 3.17. The second-order valence-corrected chi connectivity index (χ2v) is 11.5. The number of aryl methyl sites for hydroxylation is 1. The first kappa shape index (κ1) is 25.3. The Morgan fingerprint density at radius 1 is 0.973 bits per heavy atom. The lowest BCUT2D eigenvalue weighted by molar-refractivity contribution is 0.231. The molecule has 0 fully saturated rings. The number of pyridine rings is 1. The van der Waals surface area contributed by atoms with Crippen molar-refractivity contribution in [1.82, 2.24) is 9.47 Å². The zero-order valence-electron chi connectivity index (χ0n) is 22.2. The van der Waals surface area contributed by atoms with Crippen LogP contribution < -0.4 is 5.56 Å². The summed E-state index contributed by atoms with van der Waals surface area (Å²) < 4.78 is 1.95. The van der Waals surface area contributed by atoms with Gasteiger partial charge in [0.15, 0.2) is 0 Å². The zero-order valence-corrected chi connectivity index (χ0v) is 23.0. The lowest BCUT2D eigenvalue weighted by atomic mass is 9.94. The summed E-state index contributed by atoms with van der Waals surface area (Å²) in [5, 5.41) is 2.18. The zero-order chi connectivity index (χ0) is 26.3. The van der Waals surface area contributed by atoms with Crippen LogP contribution in [0.15, 0.2) is 88.6 Å². The summed E-state index contributed by atoms with van der Waals surface area (Å²) >= 11 is 6.38. The van der Waals surface area contributed by atoms with Gasteiger partial charge < -0.3 is 9.47 Å². The first-order chi connectivity index (χ1) is 17.6. The maximum Gasteiger partial charge on any atom is 0.259 e. The van der Waals surface area contributed by atoms with Crippen LogP contribution >= 0.6 is 11.6 Å². The fourth-order valence-electron chi connectivity index (χ4n) is 5.42. The fourth-order valence-corrected chi connectivity index (χ4v) is 5.60. The van der Waals surface area contributed by atoms with Gasteiger partial charge in [0, 0.05) is 28.2 Å². The Morgan fingerprint density at radius 3 is 2.35 bits per heavy atom. The summed E-state index contributed by atoms with van der Waals surface area (Å²) in [7, 11) is 0. The third-order valence-electron chi connectivity index (χ3n) is 7.11. The maximum absolute atomic E-state index is 14.0. The van der Waals surface area contributed by atoms with Crippen LogP contribution in [0.3, 0.4) is 0 Å². The lowest BCUT2D eigenvalue weighted by Gasteiger charge is -2.36.